The van der Waals surface area contributed by atoms with E-state index in [0.29, 0.717) is 18.4 Å². The summed E-state index contributed by atoms with van der Waals surface area (Å²) < 4.78 is 4.93. The molecule has 0 N–H and O–H groups in total. The maximum atomic E-state index is 11.4. The van der Waals surface area contributed by atoms with Crippen molar-refractivity contribution < 1.29 is 9.53 Å². The van der Waals surface area contributed by atoms with Crippen LogP contribution in [0.25, 0.3) is 0 Å². The van der Waals surface area contributed by atoms with Crippen LogP contribution in [0.2, 0.25) is 0 Å². The van der Waals surface area contributed by atoms with Gasteiger partial charge in [0, 0.05) is 6.20 Å². The van der Waals surface area contributed by atoms with E-state index >= 15 is 0 Å². The van der Waals surface area contributed by atoms with Gasteiger partial charge in [0.2, 0.25) is 0 Å². The van der Waals surface area contributed by atoms with Crippen molar-refractivity contribution in [1.29, 1.82) is 0 Å². The molecule has 0 aliphatic heterocycles. The summed E-state index contributed by atoms with van der Waals surface area (Å²) in [5, 5.41) is 0.842. The summed E-state index contributed by atoms with van der Waals surface area (Å²) in [5.74, 6) is 0.692. The van der Waals surface area contributed by atoms with Crippen molar-refractivity contribution in [2.45, 2.75) is 51.5 Å². The third-order valence-corrected chi connectivity index (χ3v) is 3.51. The number of rotatable bonds is 6. The third-order valence-electron chi connectivity index (χ3n) is 2.56. The van der Waals surface area contributed by atoms with Gasteiger partial charge in [-0.1, -0.05) is 39.5 Å². The summed E-state index contributed by atoms with van der Waals surface area (Å²) in [6.45, 7) is 10.5. The van der Waals surface area contributed by atoms with Crippen molar-refractivity contribution in [3.8, 4) is 0 Å². The van der Waals surface area contributed by atoms with Crippen molar-refractivity contribution in [2.75, 3.05) is 12.4 Å². The first kappa shape index (κ1) is 16.0. The van der Waals surface area contributed by atoms with Crippen molar-refractivity contribution in [2.24, 2.45) is 0 Å². The van der Waals surface area contributed by atoms with Crippen LogP contribution in [0.3, 0.4) is 0 Å². The lowest BCUT2D eigenvalue weighted by atomic mass is 10.1. The SMILES string of the molecule is CCOC(=O)CSc1nc(C(C)C)cnc1C(C)C. The van der Waals surface area contributed by atoms with Gasteiger partial charge in [-0.05, 0) is 18.8 Å². The highest BCUT2D eigenvalue weighted by atomic mass is 32.2. The van der Waals surface area contributed by atoms with Crippen LogP contribution in [-0.2, 0) is 9.53 Å². The Hall–Kier alpha value is -1.10. The van der Waals surface area contributed by atoms with Crippen LogP contribution in [0.1, 0.15) is 57.8 Å². The van der Waals surface area contributed by atoms with Crippen LogP contribution < -0.4 is 0 Å². The normalized spacial score (nSPS) is 11.1. The van der Waals surface area contributed by atoms with Crippen LogP contribution in [0.5, 0.6) is 0 Å². The van der Waals surface area contributed by atoms with Gasteiger partial charge in [0.05, 0.1) is 23.7 Å². The fourth-order valence-corrected chi connectivity index (χ4v) is 2.45. The van der Waals surface area contributed by atoms with E-state index in [2.05, 4.69) is 37.7 Å². The smallest absolute Gasteiger partial charge is 0.316 e. The van der Waals surface area contributed by atoms with E-state index < -0.39 is 0 Å². The molecule has 4 nitrogen and oxygen atoms in total. The highest BCUT2D eigenvalue weighted by Crippen LogP contribution is 2.26. The lowest BCUT2D eigenvalue weighted by Gasteiger charge is -2.13. The Balaban J connectivity index is 2.88. The zero-order valence-corrected chi connectivity index (χ0v) is 13.1. The monoisotopic (exact) mass is 282 g/mol. The number of carbonyl (C=O) groups excluding carboxylic acids is 1. The number of ether oxygens (including phenoxy) is 1. The molecular weight excluding hydrogens is 260 g/mol. The van der Waals surface area contributed by atoms with Crippen LogP contribution in [-0.4, -0.2) is 28.3 Å². The molecule has 5 heteroatoms. The summed E-state index contributed by atoms with van der Waals surface area (Å²) in [5.41, 5.74) is 1.90. The largest absolute Gasteiger partial charge is 0.465 e. The van der Waals surface area contributed by atoms with Gasteiger partial charge in [0.1, 0.15) is 5.03 Å². The minimum absolute atomic E-state index is 0.209. The first-order valence-corrected chi connectivity index (χ1v) is 7.59. The molecule has 0 radical (unpaired) electrons. The minimum Gasteiger partial charge on any atom is -0.465 e. The molecule has 0 bridgehead atoms. The molecule has 0 saturated heterocycles. The van der Waals surface area contributed by atoms with E-state index in [-0.39, 0.29) is 11.7 Å². The Morgan fingerprint density at radius 1 is 1.32 bits per heavy atom. The van der Waals surface area contributed by atoms with Crippen LogP contribution in [0.15, 0.2) is 11.2 Å². The molecule has 1 rings (SSSR count). The standard InChI is InChI=1S/C14H22N2O2S/c1-6-18-12(17)8-19-14-13(10(4)5)15-7-11(16-14)9(2)3/h7,9-10H,6,8H2,1-5H3. The van der Waals surface area contributed by atoms with Gasteiger partial charge in [-0.3, -0.25) is 9.78 Å². The third kappa shape index (κ3) is 4.82. The molecule has 1 aromatic rings. The van der Waals surface area contributed by atoms with Crippen molar-refractivity contribution in [1.82, 2.24) is 9.97 Å². The van der Waals surface area contributed by atoms with Gasteiger partial charge in [-0.2, -0.15) is 0 Å². The van der Waals surface area contributed by atoms with Gasteiger partial charge in [-0.15, -0.1) is 0 Å². The number of hydrogen-bond acceptors (Lipinski definition) is 5. The second-order valence-electron chi connectivity index (χ2n) is 4.89. The highest BCUT2D eigenvalue weighted by molar-refractivity contribution is 7.99. The molecule has 0 unspecified atom stereocenters. The highest BCUT2D eigenvalue weighted by Gasteiger charge is 2.15. The van der Waals surface area contributed by atoms with E-state index in [1.807, 2.05) is 6.20 Å². The number of esters is 1. The zero-order chi connectivity index (χ0) is 14.4. The molecular formula is C14H22N2O2S. The topological polar surface area (TPSA) is 52.1 Å². The number of nitrogens with zero attached hydrogens (tertiary/aromatic N) is 2. The van der Waals surface area contributed by atoms with Crippen molar-refractivity contribution in [3.05, 3.63) is 17.6 Å². The molecule has 1 heterocycles. The second kappa shape index (κ2) is 7.48. The molecule has 106 valence electrons. The van der Waals surface area contributed by atoms with Crippen molar-refractivity contribution >= 4 is 17.7 Å². The van der Waals surface area contributed by atoms with Crippen LogP contribution >= 0.6 is 11.8 Å². The Bertz CT molecular complexity index is 433. The maximum absolute atomic E-state index is 11.4. The Morgan fingerprint density at radius 3 is 2.53 bits per heavy atom. The minimum atomic E-state index is -0.209. The fraction of sp³-hybridized carbons (Fsp3) is 0.643. The van der Waals surface area contributed by atoms with E-state index in [1.54, 1.807) is 6.92 Å². The van der Waals surface area contributed by atoms with Gasteiger partial charge in [-0.25, -0.2) is 4.98 Å². The summed E-state index contributed by atoms with van der Waals surface area (Å²) >= 11 is 1.41. The fourth-order valence-electron chi connectivity index (χ4n) is 1.50. The lowest BCUT2D eigenvalue weighted by molar-refractivity contribution is -0.139. The predicted molar refractivity (Wildman–Crippen MR) is 77.6 cm³/mol. The Labute approximate surface area is 119 Å². The molecule has 0 fully saturated rings. The molecule has 1 aromatic heterocycles. The van der Waals surface area contributed by atoms with Gasteiger partial charge in [0.25, 0.3) is 0 Å². The average molecular weight is 282 g/mol. The summed E-state index contributed by atoms with van der Waals surface area (Å²) in [6, 6.07) is 0. The van der Waals surface area contributed by atoms with Gasteiger partial charge in [0.15, 0.2) is 0 Å². The quantitative estimate of drug-likeness (QED) is 0.591. The van der Waals surface area contributed by atoms with E-state index in [9.17, 15) is 4.79 Å². The lowest BCUT2D eigenvalue weighted by Crippen LogP contribution is -2.09. The molecule has 19 heavy (non-hydrogen) atoms. The maximum Gasteiger partial charge on any atom is 0.316 e. The predicted octanol–water partition coefficient (Wildman–Crippen LogP) is 3.38. The summed E-state index contributed by atoms with van der Waals surface area (Å²) in [6.07, 6.45) is 1.83. The molecule has 0 spiro atoms. The number of thioether (sulfide) groups is 1. The van der Waals surface area contributed by atoms with Gasteiger partial charge >= 0.3 is 5.97 Å². The Morgan fingerprint density at radius 2 is 2.00 bits per heavy atom. The Kier molecular flexibility index (Phi) is 6.28. The first-order valence-electron chi connectivity index (χ1n) is 6.60. The van der Waals surface area contributed by atoms with E-state index in [4.69, 9.17) is 4.74 Å². The van der Waals surface area contributed by atoms with Crippen LogP contribution in [0, 0.1) is 0 Å². The average Bonchev–Trinajstić information content (AvgIpc) is 2.36. The number of carbonyl (C=O) groups is 1. The van der Waals surface area contributed by atoms with Crippen molar-refractivity contribution in [3.63, 3.8) is 0 Å². The van der Waals surface area contributed by atoms with E-state index in [0.717, 1.165) is 16.4 Å². The van der Waals surface area contributed by atoms with Gasteiger partial charge < -0.3 is 4.74 Å². The number of aromatic nitrogens is 2. The summed E-state index contributed by atoms with van der Waals surface area (Å²) in [4.78, 5) is 20.5. The number of hydrogen-bond donors (Lipinski definition) is 0. The second-order valence-corrected chi connectivity index (χ2v) is 5.85. The first-order chi connectivity index (χ1) is 8.95. The molecule has 0 saturated carbocycles. The molecule has 0 aliphatic rings. The summed E-state index contributed by atoms with van der Waals surface area (Å²) in [7, 11) is 0. The molecule has 0 atom stereocenters. The zero-order valence-electron chi connectivity index (χ0n) is 12.3. The molecule has 0 aliphatic carbocycles. The van der Waals surface area contributed by atoms with E-state index in [1.165, 1.54) is 11.8 Å². The van der Waals surface area contributed by atoms with Crippen LogP contribution in [0.4, 0.5) is 0 Å². The molecule has 0 amide bonds. The molecule has 0 aromatic carbocycles.